The van der Waals surface area contributed by atoms with E-state index in [1.165, 1.54) is 11.0 Å². The van der Waals surface area contributed by atoms with Crippen molar-refractivity contribution < 1.29 is 32.3 Å². The van der Waals surface area contributed by atoms with Crippen molar-refractivity contribution in [1.82, 2.24) is 9.97 Å². The Kier molecular flexibility index (Phi) is 9.13. The summed E-state index contributed by atoms with van der Waals surface area (Å²) in [6, 6.07) is 14.2. The van der Waals surface area contributed by atoms with Crippen LogP contribution in [0.5, 0.6) is 0 Å². The molecular weight excluding hydrogens is 729 g/mol. The molecule has 2 fully saturated rings. The summed E-state index contributed by atoms with van der Waals surface area (Å²) in [6.07, 6.45) is 4.98. The van der Waals surface area contributed by atoms with Crippen LogP contribution in [-0.2, 0) is 11.2 Å². The van der Waals surface area contributed by atoms with Gasteiger partial charge in [0.1, 0.15) is 23.1 Å². The van der Waals surface area contributed by atoms with E-state index in [-0.39, 0.29) is 39.1 Å². The second-order valence-corrected chi connectivity index (χ2v) is 14.7. The van der Waals surface area contributed by atoms with E-state index in [2.05, 4.69) is 25.5 Å². The molecule has 3 aromatic heterocycles. The van der Waals surface area contributed by atoms with Gasteiger partial charge in [-0.2, -0.15) is 0 Å². The third-order valence-electron chi connectivity index (χ3n) is 9.79. The van der Waals surface area contributed by atoms with Crippen LogP contribution < -0.4 is 20.4 Å². The van der Waals surface area contributed by atoms with Gasteiger partial charge in [-0.05, 0) is 73.4 Å². The normalized spacial score (nSPS) is 15.9. The number of carbonyl (C=O) groups is 3. The Morgan fingerprint density at radius 2 is 1.68 bits per heavy atom. The van der Waals surface area contributed by atoms with Crippen LogP contribution in [0.3, 0.4) is 0 Å². The molecule has 0 saturated carbocycles. The summed E-state index contributed by atoms with van der Waals surface area (Å²) in [7, 11) is 0. The number of pyridine rings is 2. The van der Waals surface area contributed by atoms with Gasteiger partial charge in [-0.3, -0.25) is 19.4 Å². The molecule has 270 valence electrons. The highest BCUT2D eigenvalue weighted by molar-refractivity contribution is 7.17. The van der Waals surface area contributed by atoms with Crippen molar-refractivity contribution >= 4 is 63.5 Å². The van der Waals surface area contributed by atoms with Crippen LogP contribution in [0.25, 0.3) is 10.6 Å². The van der Waals surface area contributed by atoms with Crippen LogP contribution in [0.2, 0.25) is 5.02 Å². The fourth-order valence-electron chi connectivity index (χ4n) is 7.05. The predicted molar refractivity (Wildman–Crippen MR) is 196 cm³/mol. The van der Waals surface area contributed by atoms with Crippen molar-refractivity contribution in [2.24, 2.45) is 5.41 Å². The van der Waals surface area contributed by atoms with E-state index in [4.69, 9.17) is 16.3 Å². The fraction of sp³-hybridized carbons (Fsp3) is 0.237. The number of halogens is 4. The fourth-order valence-corrected chi connectivity index (χ4v) is 8.40. The number of anilines is 4. The zero-order valence-corrected chi connectivity index (χ0v) is 29.5. The quantitative estimate of drug-likeness (QED) is 0.183. The Labute approximate surface area is 310 Å². The molecule has 0 aliphatic carbocycles. The van der Waals surface area contributed by atoms with Crippen LogP contribution in [0.1, 0.15) is 48.8 Å². The Hall–Kier alpha value is -5.31. The molecule has 0 atom stereocenters. The summed E-state index contributed by atoms with van der Waals surface area (Å²) < 4.78 is 48.1. The second-order valence-electron chi connectivity index (χ2n) is 13.3. The number of amides is 3. The van der Waals surface area contributed by atoms with E-state index < -0.39 is 29.3 Å². The Balaban J connectivity index is 0.983. The Morgan fingerprint density at radius 3 is 2.43 bits per heavy atom. The van der Waals surface area contributed by atoms with Gasteiger partial charge in [-0.1, -0.05) is 11.6 Å². The maximum atomic E-state index is 14.6. The third-order valence-corrected chi connectivity index (χ3v) is 11.3. The number of thiophene rings is 1. The largest absolute Gasteiger partial charge is 0.381 e. The number of fused-ring (bicyclic) bond motifs is 3. The number of benzene rings is 2. The van der Waals surface area contributed by atoms with Crippen molar-refractivity contribution in [2.75, 3.05) is 53.3 Å². The predicted octanol–water partition coefficient (Wildman–Crippen LogP) is 7.60. The lowest BCUT2D eigenvalue weighted by Gasteiger charge is -2.53. The van der Waals surface area contributed by atoms with Gasteiger partial charge < -0.3 is 25.2 Å². The van der Waals surface area contributed by atoms with E-state index >= 15 is 0 Å². The van der Waals surface area contributed by atoms with Crippen molar-refractivity contribution in [3.63, 3.8) is 0 Å². The van der Waals surface area contributed by atoms with Crippen LogP contribution in [0.4, 0.5) is 36.1 Å². The number of nitrogens with zero attached hydrogens (tertiary/aromatic N) is 4. The topological polar surface area (TPSA) is 117 Å². The highest BCUT2D eigenvalue weighted by atomic mass is 35.5. The molecule has 0 bridgehead atoms. The molecule has 6 heterocycles. The van der Waals surface area contributed by atoms with Gasteiger partial charge in [-0.25, -0.2) is 18.2 Å². The first kappa shape index (κ1) is 34.8. The second kappa shape index (κ2) is 13.9. The van der Waals surface area contributed by atoms with Crippen molar-refractivity contribution in [3.05, 3.63) is 117 Å². The van der Waals surface area contributed by atoms with Crippen LogP contribution >= 0.6 is 22.9 Å². The summed E-state index contributed by atoms with van der Waals surface area (Å²) >= 11 is 7.01. The third kappa shape index (κ3) is 6.73. The molecule has 1 spiro atoms. The van der Waals surface area contributed by atoms with Gasteiger partial charge in [0.05, 0.1) is 37.9 Å². The SMILES string of the molecule is O=C(Nc1c(F)cc(F)cc1Cl)c1cc2c(s1)-c1ncc(F)cc1N(C(=O)c1ccc(NC(=O)c3cccnc3N3CC4(CCOCC4)C3)cc1)CC2. The van der Waals surface area contributed by atoms with Crippen LogP contribution in [0.15, 0.2) is 73.1 Å². The maximum absolute atomic E-state index is 14.6. The number of carbonyl (C=O) groups excluding carboxylic acids is 3. The molecule has 10 nitrogen and oxygen atoms in total. The lowest BCUT2D eigenvalue weighted by molar-refractivity contribution is -0.000510. The number of hydrogen-bond acceptors (Lipinski definition) is 8. The number of ether oxygens (including phenoxy) is 1. The number of aromatic nitrogens is 2. The van der Waals surface area contributed by atoms with E-state index in [9.17, 15) is 27.6 Å². The molecule has 8 rings (SSSR count). The number of nitrogens with one attached hydrogen (secondary N) is 2. The minimum atomic E-state index is -1.03. The smallest absolute Gasteiger partial charge is 0.265 e. The van der Waals surface area contributed by atoms with Gasteiger partial charge >= 0.3 is 0 Å². The van der Waals surface area contributed by atoms with Gasteiger partial charge in [0.25, 0.3) is 17.7 Å². The minimum Gasteiger partial charge on any atom is -0.381 e. The molecule has 2 N–H and O–H groups in total. The molecule has 3 aliphatic heterocycles. The molecule has 0 unspecified atom stereocenters. The zero-order chi connectivity index (χ0) is 36.9. The zero-order valence-electron chi connectivity index (χ0n) is 27.9. The Morgan fingerprint density at radius 1 is 0.906 bits per heavy atom. The summed E-state index contributed by atoms with van der Waals surface area (Å²) in [5.41, 5.74) is 2.25. The molecule has 15 heteroatoms. The highest BCUT2D eigenvalue weighted by Gasteiger charge is 2.45. The van der Waals surface area contributed by atoms with Gasteiger partial charge in [0, 0.05) is 67.8 Å². The van der Waals surface area contributed by atoms with Crippen molar-refractivity contribution in [3.8, 4) is 10.6 Å². The standard InChI is InChI=1S/C38H30ClF3N6O4S/c39-27-15-23(40)16-28(42)31(27)46-36(50)30-14-22-7-11-48(29-17-24(41)18-44-32(29)33(22)53-30)37(51)21-3-5-25(6-4-21)45-35(49)26-2-1-10-43-34(26)47-19-38(20-47)8-12-52-13-9-38/h1-6,10,14-18H,7-9,11-13,19-20H2,(H,45,49)(H,46,50). The monoisotopic (exact) mass is 758 g/mol. The molecule has 2 aromatic carbocycles. The van der Waals surface area contributed by atoms with Crippen LogP contribution in [0, 0.1) is 22.9 Å². The van der Waals surface area contributed by atoms with E-state index in [1.807, 2.05) is 0 Å². The minimum absolute atomic E-state index is 0.132. The van der Waals surface area contributed by atoms with Gasteiger partial charge in [0.2, 0.25) is 0 Å². The molecular formula is C38H30ClF3N6O4S. The Bertz CT molecular complexity index is 2250. The molecule has 3 aliphatic rings. The first-order chi connectivity index (χ1) is 25.6. The van der Waals surface area contributed by atoms with Gasteiger partial charge in [0.15, 0.2) is 5.82 Å². The van der Waals surface area contributed by atoms with E-state index in [0.29, 0.717) is 51.3 Å². The van der Waals surface area contributed by atoms with Crippen molar-refractivity contribution in [1.29, 1.82) is 0 Å². The van der Waals surface area contributed by atoms with E-state index in [1.54, 1.807) is 48.7 Å². The number of rotatable bonds is 6. The average molecular weight is 759 g/mol. The molecule has 3 amide bonds. The average Bonchev–Trinajstić information content (AvgIpc) is 3.50. The van der Waals surface area contributed by atoms with Crippen LogP contribution in [-0.4, -0.2) is 60.5 Å². The summed E-state index contributed by atoms with van der Waals surface area (Å²) in [5, 5.41) is 5.01. The molecule has 0 radical (unpaired) electrons. The lowest BCUT2D eigenvalue weighted by Crippen LogP contribution is -2.59. The molecule has 53 heavy (non-hydrogen) atoms. The summed E-state index contributed by atoms with van der Waals surface area (Å²) in [5.74, 6) is -3.36. The maximum Gasteiger partial charge on any atom is 0.265 e. The van der Waals surface area contributed by atoms with E-state index in [0.717, 1.165) is 62.7 Å². The lowest BCUT2D eigenvalue weighted by atomic mass is 9.73. The summed E-state index contributed by atoms with van der Waals surface area (Å²) in [4.78, 5) is 53.6. The van der Waals surface area contributed by atoms with Crippen molar-refractivity contribution in [2.45, 2.75) is 19.3 Å². The first-order valence-electron chi connectivity index (χ1n) is 16.8. The number of hydrogen-bond donors (Lipinski definition) is 2. The first-order valence-corrected chi connectivity index (χ1v) is 18.0. The van der Waals surface area contributed by atoms with Gasteiger partial charge in [-0.15, -0.1) is 11.3 Å². The molecule has 2 saturated heterocycles. The molecule has 5 aromatic rings. The highest BCUT2D eigenvalue weighted by Crippen LogP contribution is 2.43. The summed E-state index contributed by atoms with van der Waals surface area (Å²) in [6.45, 7) is 3.27.